The van der Waals surface area contributed by atoms with Gasteiger partial charge in [-0.3, -0.25) is 0 Å². The monoisotopic (exact) mass is 325 g/mol. The van der Waals surface area contributed by atoms with Crippen LogP contribution in [0.25, 0.3) is 11.1 Å². The van der Waals surface area contributed by atoms with Gasteiger partial charge in [0.25, 0.3) is 0 Å². The molecule has 3 nitrogen and oxygen atoms in total. The SMILES string of the molecule is CCOc1cc(Cl)c(-c2ccoc2CNC2CC2)cc1Cl. The Morgan fingerprint density at radius 3 is 2.76 bits per heavy atom. The quantitative estimate of drug-likeness (QED) is 0.819. The summed E-state index contributed by atoms with van der Waals surface area (Å²) in [5.41, 5.74) is 1.84. The number of hydrogen-bond acceptors (Lipinski definition) is 3. The second-order valence-electron chi connectivity index (χ2n) is 5.11. The van der Waals surface area contributed by atoms with E-state index >= 15 is 0 Å². The van der Waals surface area contributed by atoms with E-state index in [2.05, 4.69) is 5.32 Å². The highest BCUT2D eigenvalue weighted by Crippen LogP contribution is 2.38. The second-order valence-corrected chi connectivity index (χ2v) is 5.92. The van der Waals surface area contributed by atoms with Crippen molar-refractivity contribution in [3.8, 4) is 16.9 Å². The van der Waals surface area contributed by atoms with Crippen LogP contribution >= 0.6 is 23.2 Å². The van der Waals surface area contributed by atoms with Crippen molar-refractivity contribution in [1.29, 1.82) is 0 Å². The largest absolute Gasteiger partial charge is 0.492 e. The minimum Gasteiger partial charge on any atom is -0.492 e. The predicted molar refractivity (Wildman–Crippen MR) is 85.2 cm³/mol. The number of furan rings is 1. The second kappa shape index (κ2) is 6.30. The van der Waals surface area contributed by atoms with Gasteiger partial charge in [0.2, 0.25) is 0 Å². The summed E-state index contributed by atoms with van der Waals surface area (Å²) in [6.45, 7) is 3.17. The van der Waals surface area contributed by atoms with Gasteiger partial charge in [-0.15, -0.1) is 0 Å². The van der Waals surface area contributed by atoms with E-state index < -0.39 is 0 Å². The lowest BCUT2D eigenvalue weighted by molar-refractivity contribution is 0.340. The van der Waals surface area contributed by atoms with Gasteiger partial charge >= 0.3 is 0 Å². The molecule has 0 aliphatic heterocycles. The van der Waals surface area contributed by atoms with Crippen molar-refractivity contribution in [2.45, 2.75) is 32.4 Å². The molecule has 5 heteroatoms. The van der Waals surface area contributed by atoms with Gasteiger partial charge < -0.3 is 14.5 Å². The van der Waals surface area contributed by atoms with Gasteiger partial charge in [0.05, 0.1) is 29.5 Å². The molecule has 1 aliphatic carbocycles. The molecule has 1 N–H and O–H groups in total. The molecule has 0 atom stereocenters. The van der Waals surface area contributed by atoms with Crippen molar-refractivity contribution in [1.82, 2.24) is 5.32 Å². The first-order valence-corrected chi connectivity index (χ1v) is 7.86. The molecule has 0 unspecified atom stereocenters. The van der Waals surface area contributed by atoms with Gasteiger partial charge in [0.15, 0.2) is 0 Å². The molecule has 1 aromatic carbocycles. The minimum atomic E-state index is 0.553. The average Bonchev–Trinajstić information content (AvgIpc) is 3.18. The molecule has 1 aliphatic rings. The fraction of sp³-hybridized carbons (Fsp3) is 0.375. The van der Waals surface area contributed by atoms with Crippen molar-refractivity contribution in [3.63, 3.8) is 0 Å². The highest BCUT2D eigenvalue weighted by Gasteiger charge is 2.22. The zero-order chi connectivity index (χ0) is 14.8. The zero-order valence-electron chi connectivity index (χ0n) is 11.8. The van der Waals surface area contributed by atoms with Crippen molar-refractivity contribution in [3.05, 3.63) is 40.3 Å². The summed E-state index contributed by atoms with van der Waals surface area (Å²) < 4.78 is 11.0. The lowest BCUT2D eigenvalue weighted by Crippen LogP contribution is -2.15. The van der Waals surface area contributed by atoms with E-state index in [9.17, 15) is 0 Å². The van der Waals surface area contributed by atoms with Gasteiger partial charge in [0.1, 0.15) is 11.5 Å². The summed E-state index contributed by atoms with van der Waals surface area (Å²) >= 11 is 12.6. The lowest BCUT2D eigenvalue weighted by Gasteiger charge is -2.11. The van der Waals surface area contributed by atoms with Gasteiger partial charge in [-0.25, -0.2) is 0 Å². The molecule has 2 aromatic rings. The Morgan fingerprint density at radius 2 is 2.05 bits per heavy atom. The predicted octanol–water partition coefficient (Wildman–Crippen LogP) is 4.90. The topological polar surface area (TPSA) is 34.4 Å². The average molecular weight is 326 g/mol. The summed E-state index contributed by atoms with van der Waals surface area (Å²) in [5.74, 6) is 1.48. The van der Waals surface area contributed by atoms with Crippen molar-refractivity contribution in [2.24, 2.45) is 0 Å². The normalized spacial score (nSPS) is 14.4. The summed E-state index contributed by atoms with van der Waals surface area (Å²) in [6, 6.07) is 6.14. The minimum absolute atomic E-state index is 0.553. The summed E-state index contributed by atoms with van der Waals surface area (Å²) in [7, 11) is 0. The Hall–Kier alpha value is -1.16. The number of nitrogens with one attached hydrogen (secondary N) is 1. The molecule has 21 heavy (non-hydrogen) atoms. The van der Waals surface area contributed by atoms with Crippen LogP contribution in [0.1, 0.15) is 25.5 Å². The Labute approximate surface area is 134 Å². The van der Waals surface area contributed by atoms with E-state index in [1.807, 2.05) is 19.1 Å². The number of benzene rings is 1. The highest BCUT2D eigenvalue weighted by atomic mass is 35.5. The fourth-order valence-electron chi connectivity index (χ4n) is 2.24. The number of rotatable bonds is 6. The third kappa shape index (κ3) is 3.37. The molecule has 1 aromatic heterocycles. The number of ether oxygens (including phenoxy) is 1. The molecule has 112 valence electrons. The fourth-order valence-corrected chi connectivity index (χ4v) is 2.72. The molecule has 1 heterocycles. The van der Waals surface area contributed by atoms with Crippen molar-refractivity contribution < 1.29 is 9.15 Å². The van der Waals surface area contributed by atoms with E-state index in [0.29, 0.717) is 35.0 Å². The van der Waals surface area contributed by atoms with Gasteiger partial charge in [-0.1, -0.05) is 23.2 Å². The van der Waals surface area contributed by atoms with Gasteiger partial charge in [-0.2, -0.15) is 0 Å². The molecule has 3 rings (SSSR count). The Balaban J connectivity index is 1.89. The molecule has 1 saturated carbocycles. The third-order valence-corrected chi connectivity index (χ3v) is 4.09. The van der Waals surface area contributed by atoms with E-state index in [1.54, 1.807) is 12.3 Å². The number of halogens is 2. The van der Waals surface area contributed by atoms with Crippen LogP contribution in [-0.4, -0.2) is 12.6 Å². The van der Waals surface area contributed by atoms with Crippen LogP contribution in [0, 0.1) is 0 Å². The first kappa shape index (κ1) is 14.8. The van der Waals surface area contributed by atoms with Crippen LogP contribution in [0.5, 0.6) is 5.75 Å². The molecular weight excluding hydrogens is 309 g/mol. The maximum atomic E-state index is 6.37. The first-order chi connectivity index (χ1) is 10.2. The standard InChI is InChI=1S/C16H17Cl2NO2/c1-2-20-15-8-13(17)12(7-14(15)18)11-5-6-21-16(11)9-19-10-3-4-10/h5-8,10,19H,2-4,9H2,1H3. The molecule has 0 saturated heterocycles. The highest BCUT2D eigenvalue weighted by molar-refractivity contribution is 6.36. The van der Waals surface area contributed by atoms with E-state index in [-0.39, 0.29) is 0 Å². The van der Waals surface area contributed by atoms with Crippen LogP contribution in [0.2, 0.25) is 10.0 Å². The van der Waals surface area contributed by atoms with E-state index in [1.165, 1.54) is 12.8 Å². The van der Waals surface area contributed by atoms with Crippen LogP contribution in [-0.2, 0) is 6.54 Å². The lowest BCUT2D eigenvalue weighted by atomic mass is 10.1. The van der Waals surface area contributed by atoms with Crippen LogP contribution < -0.4 is 10.1 Å². The summed E-state index contributed by atoms with van der Waals surface area (Å²) in [4.78, 5) is 0. The molecule has 0 radical (unpaired) electrons. The Bertz CT molecular complexity index is 635. The molecule has 0 amide bonds. The molecule has 0 spiro atoms. The van der Waals surface area contributed by atoms with Crippen molar-refractivity contribution >= 4 is 23.2 Å². The van der Waals surface area contributed by atoms with Gasteiger partial charge in [-0.05, 0) is 31.9 Å². The third-order valence-electron chi connectivity index (χ3n) is 3.49. The molecule has 1 fully saturated rings. The van der Waals surface area contributed by atoms with Crippen LogP contribution in [0.4, 0.5) is 0 Å². The maximum Gasteiger partial charge on any atom is 0.139 e. The summed E-state index contributed by atoms with van der Waals surface area (Å²) in [5, 5.41) is 4.60. The van der Waals surface area contributed by atoms with Gasteiger partial charge in [0, 0.05) is 23.2 Å². The molecular formula is C16H17Cl2NO2. The Kier molecular flexibility index (Phi) is 4.43. The zero-order valence-corrected chi connectivity index (χ0v) is 13.3. The summed E-state index contributed by atoms with van der Waals surface area (Å²) in [6.07, 6.45) is 4.16. The number of hydrogen-bond donors (Lipinski definition) is 1. The van der Waals surface area contributed by atoms with Crippen LogP contribution in [0.15, 0.2) is 28.9 Å². The first-order valence-electron chi connectivity index (χ1n) is 7.11. The van der Waals surface area contributed by atoms with E-state index in [0.717, 1.165) is 16.9 Å². The van der Waals surface area contributed by atoms with Crippen molar-refractivity contribution in [2.75, 3.05) is 6.61 Å². The molecule has 0 bridgehead atoms. The Morgan fingerprint density at radius 1 is 1.24 bits per heavy atom. The smallest absolute Gasteiger partial charge is 0.139 e. The van der Waals surface area contributed by atoms with Crippen LogP contribution in [0.3, 0.4) is 0 Å². The van der Waals surface area contributed by atoms with E-state index in [4.69, 9.17) is 32.4 Å². The maximum absolute atomic E-state index is 6.37.